The first kappa shape index (κ1) is 10.4. The minimum Gasteiger partial charge on any atom is -0.379 e. The summed E-state index contributed by atoms with van der Waals surface area (Å²) >= 11 is 0. The Morgan fingerprint density at radius 2 is 2.07 bits per heavy atom. The first-order chi connectivity index (χ1) is 7.25. The van der Waals surface area contributed by atoms with Crippen molar-refractivity contribution in [2.45, 2.75) is 0 Å². The molecule has 15 heavy (non-hydrogen) atoms. The van der Waals surface area contributed by atoms with E-state index < -0.39 is 6.03 Å². The molecular weight excluding hydrogens is 198 g/mol. The number of hydrogen-bond acceptors (Lipinski definition) is 4. The Labute approximate surface area is 87.9 Å². The van der Waals surface area contributed by atoms with Crippen LogP contribution in [0.25, 0.3) is 0 Å². The van der Waals surface area contributed by atoms with Crippen LogP contribution in [0.3, 0.4) is 0 Å². The Bertz CT molecular complexity index is 263. The number of carbonyl (C=O) groups excluding carboxylic acids is 2. The quantitative estimate of drug-likeness (QED) is 0.603. The molecule has 0 aromatic heterocycles. The number of nitrogens with one attached hydrogen (secondary N) is 2. The predicted octanol–water partition coefficient (Wildman–Crippen LogP) is -1.23. The van der Waals surface area contributed by atoms with E-state index in [9.17, 15) is 9.59 Å². The molecule has 2 rings (SSSR count). The summed E-state index contributed by atoms with van der Waals surface area (Å²) in [5, 5.41) is 4.90. The van der Waals surface area contributed by atoms with Gasteiger partial charge in [0.1, 0.15) is 0 Å². The van der Waals surface area contributed by atoms with Crippen molar-refractivity contribution in [3.05, 3.63) is 0 Å². The van der Waals surface area contributed by atoms with Crippen LogP contribution in [0.2, 0.25) is 0 Å². The van der Waals surface area contributed by atoms with Crippen LogP contribution in [0.5, 0.6) is 0 Å². The molecule has 1 unspecified atom stereocenters. The molecule has 84 valence electrons. The van der Waals surface area contributed by atoms with Gasteiger partial charge >= 0.3 is 6.03 Å². The van der Waals surface area contributed by atoms with Crippen molar-refractivity contribution in [3.8, 4) is 0 Å². The van der Waals surface area contributed by atoms with Crippen LogP contribution < -0.4 is 10.6 Å². The zero-order valence-electron chi connectivity index (χ0n) is 8.49. The molecule has 0 aromatic rings. The van der Waals surface area contributed by atoms with Crippen LogP contribution >= 0.6 is 0 Å². The predicted molar refractivity (Wildman–Crippen MR) is 52.3 cm³/mol. The summed E-state index contributed by atoms with van der Waals surface area (Å²) in [6, 6.07) is -0.391. The summed E-state index contributed by atoms with van der Waals surface area (Å²) in [6.45, 7) is 4.29. The summed E-state index contributed by atoms with van der Waals surface area (Å²) in [5.41, 5.74) is 0. The molecule has 0 aromatic carbocycles. The highest BCUT2D eigenvalue weighted by molar-refractivity contribution is 5.98. The molecular formula is C9H15N3O3. The van der Waals surface area contributed by atoms with Crippen LogP contribution in [0.1, 0.15) is 0 Å². The highest BCUT2D eigenvalue weighted by Gasteiger charge is 2.28. The molecule has 1 atom stereocenters. The fourth-order valence-corrected chi connectivity index (χ4v) is 1.81. The van der Waals surface area contributed by atoms with Gasteiger partial charge in [0.25, 0.3) is 0 Å². The van der Waals surface area contributed by atoms with E-state index in [1.165, 1.54) is 0 Å². The molecule has 6 nitrogen and oxygen atoms in total. The number of nitrogens with zero attached hydrogens (tertiary/aromatic N) is 1. The fraction of sp³-hybridized carbons (Fsp3) is 0.778. The van der Waals surface area contributed by atoms with E-state index in [-0.39, 0.29) is 11.8 Å². The van der Waals surface area contributed by atoms with Crippen molar-refractivity contribution in [1.29, 1.82) is 0 Å². The topological polar surface area (TPSA) is 70.7 Å². The third-order valence-corrected chi connectivity index (χ3v) is 2.70. The Kier molecular flexibility index (Phi) is 3.17. The molecule has 0 bridgehead atoms. The average Bonchev–Trinajstić information content (AvgIpc) is 2.24. The van der Waals surface area contributed by atoms with Gasteiger partial charge in [-0.1, -0.05) is 0 Å². The lowest BCUT2D eigenvalue weighted by atomic mass is 10.1. The first-order valence-electron chi connectivity index (χ1n) is 5.14. The first-order valence-corrected chi connectivity index (χ1v) is 5.14. The van der Waals surface area contributed by atoms with Crippen molar-refractivity contribution >= 4 is 11.9 Å². The lowest BCUT2D eigenvalue weighted by Gasteiger charge is -2.31. The third kappa shape index (κ3) is 2.66. The van der Waals surface area contributed by atoms with Crippen LogP contribution in [-0.4, -0.2) is 56.2 Å². The smallest absolute Gasteiger partial charge is 0.321 e. The SMILES string of the molecule is O=C1NCC(CN2CCOCC2)C(=O)N1. The molecule has 0 spiro atoms. The fourth-order valence-electron chi connectivity index (χ4n) is 1.81. The van der Waals surface area contributed by atoms with E-state index in [1.807, 2.05) is 0 Å². The van der Waals surface area contributed by atoms with Crippen LogP contribution in [0.15, 0.2) is 0 Å². The maximum Gasteiger partial charge on any atom is 0.321 e. The number of amides is 3. The number of rotatable bonds is 2. The zero-order valence-corrected chi connectivity index (χ0v) is 8.49. The summed E-state index contributed by atoms with van der Waals surface area (Å²) in [7, 11) is 0. The largest absolute Gasteiger partial charge is 0.379 e. The second-order valence-electron chi connectivity index (χ2n) is 3.81. The second kappa shape index (κ2) is 4.59. The molecule has 3 amide bonds. The standard InChI is InChI=1S/C9H15N3O3/c13-8-7(5-10-9(14)11-8)6-12-1-3-15-4-2-12/h7H,1-6H2,(H2,10,11,13,14). The Morgan fingerprint density at radius 3 is 2.73 bits per heavy atom. The van der Waals surface area contributed by atoms with Gasteiger partial charge in [-0.15, -0.1) is 0 Å². The number of ether oxygens (including phenoxy) is 1. The van der Waals surface area contributed by atoms with Gasteiger partial charge in [-0.3, -0.25) is 15.0 Å². The normalized spacial score (nSPS) is 28.4. The van der Waals surface area contributed by atoms with E-state index in [2.05, 4.69) is 15.5 Å². The summed E-state index contributed by atoms with van der Waals surface area (Å²) < 4.78 is 5.22. The van der Waals surface area contributed by atoms with Gasteiger partial charge in [0.05, 0.1) is 19.1 Å². The third-order valence-electron chi connectivity index (χ3n) is 2.70. The molecule has 2 heterocycles. The number of morpholine rings is 1. The van der Waals surface area contributed by atoms with Gasteiger partial charge in [0.2, 0.25) is 5.91 Å². The van der Waals surface area contributed by atoms with E-state index in [0.717, 1.165) is 26.3 Å². The molecule has 2 N–H and O–H groups in total. The molecule has 6 heteroatoms. The number of imide groups is 1. The molecule has 0 aliphatic carbocycles. The Hall–Kier alpha value is -1.14. The van der Waals surface area contributed by atoms with Crippen LogP contribution in [0.4, 0.5) is 4.79 Å². The minimum atomic E-state index is -0.391. The number of carbonyl (C=O) groups is 2. The molecule has 2 saturated heterocycles. The minimum absolute atomic E-state index is 0.138. The van der Waals surface area contributed by atoms with E-state index in [0.29, 0.717) is 13.1 Å². The van der Waals surface area contributed by atoms with Gasteiger partial charge in [-0.05, 0) is 0 Å². The van der Waals surface area contributed by atoms with Crippen molar-refractivity contribution in [1.82, 2.24) is 15.5 Å². The van der Waals surface area contributed by atoms with E-state index >= 15 is 0 Å². The second-order valence-corrected chi connectivity index (χ2v) is 3.81. The Balaban J connectivity index is 1.82. The average molecular weight is 213 g/mol. The van der Waals surface area contributed by atoms with Gasteiger partial charge in [-0.25, -0.2) is 4.79 Å². The summed E-state index contributed by atoms with van der Waals surface area (Å²) in [4.78, 5) is 24.5. The maximum absolute atomic E-state index is 11.4. The van der Waals surface area contributed by atoms with Crippen molar-refractivity contribution in [2.24, 2.45) is 5.92 Å². The van der Waals surface area contributed by atoms with Gasteiger partial charge in [-0.2, -0.15) is 0 Å². The summed E-state index contributed by atoms with van der Waals surface area (Å²) in [6.07, 6.45) is 0. The highest BCUT2D eigenvalue weighted by atomic mass is 16.5. The lowest BCUT2D eigenvalue weighted by molar-refractivity contribution is -0.125. The molecule has 2 fully saturated rings. The van der Waals surface area contributed by atoms with E-state index in [1.54, 1.807) is 0 Å². The van der Waals surface area contributed by atoms with E-state index in [4.69, 9.17) is 4.74 Å². The Morgan fingerprint density at radius 1 is 1.33 bits per heavy atom. The molecule has 2 aliphatic rings. The van der Waals surface area contributed by atoms with Gasteiger partial charge < -0.3 is 10.1 Å². The van der Waals surface area contributed by atoms with Crippen molar-refractivity contribution < 1.29 is 14.3 Å². The lowest BCUT2D eigenvalue weighted by Crippen LogP contribution is -2.55. The maximum atomic E-state index is 11.4. The van der Waals surface area contributed by atoms with Crippen molar-refractivity contribution in [2.75, 3.05) is 39.4 Å². The van der Waals surface area contributed by atoms with Crippen LogP contribution in [-0.2, 0) is 9.53 Å². The van der Waals surface area contributed by atoms with Crippen molar-refractivity contribution in [3.63, 3.8) is 0 Å². The zero-order chi connectivity index (χ0) is 10.7. The summed E-state index contributed by atoms with van der Waals surface area (Å²) in [5.74, 6) is -0.314. The molecule has 0 saturated carbocycles. The van der Waals surface area contributed by atoms with Gasteiger partial charge in [0.15, 0.2) is 0 Å². The number of hydrogen-bond donors (Lipinski definition) is 2. The number of urea groups is 1. The monoisotopic (exact) mass is 213 g/mol. The van der Waals surface area contributed by atoms with Crippen LogP contribution in [0, 0.1) is 5.92 Å². The molecule has 0 radical (unpaired) electrons. The van der Waals surface area contributed by atoms with Gasteiger partial charge in [0, 0.05) is 26.2 Å². The highest BCUT2D eigenvalue weighted by Crippen LogP contribution is 2.05. The molecule has 2 aliphatic heterocycles.